The van der Waals surface area contributed by atoms with Crippen molar-refractivity contribution in [3.63, 3.8) is 0 Å². The van der Waals surface area contributed by atoms with E-state index in [1.807, 2.05) is 0 Å². The highest BCUT2D eigenvalue weighted by Crippen LogP contribution is 2.19. The summed E-state index contributed by atoms with van der Waals surface area (Å²) in [6.07, 6.45) is 5.60. The first kappa shape index (κ1) is 9.45. The van der Waals surface area contributed by atoms with Crippen molar-refractivity contribution < 1.29 is 4.79 Å². The zero-order chi connectivity index (χ0) is 9.80. The van der Waals surface area contributed by atoms with Gasteiger partial charge in [-0.1, -0.05) is 11.8 Å². The standard InChI is InChI=1S/C9H11N3OS/c13-8(12-7-2-3-7)6-14-9-10-4-1-5-11-9/h1,4-5,7H,2-3,6H2,(H,12,13). The Morgan fingerprint density at radius 3 is 2.86 bits per heavy atom. The van der Waals surface area contributed by atoms with E-state index in [9.17, 15) is 4.79 Å². The molecule has 1 heterocycles. The Balaban J connectivity index is 1.73. The maximum Gasteiger partial charge on any atom is 0.230 e. The Kier molecular flexibility index (Phi) is 2.98. The quantitative estimate of drug-likeness (QED) is 0.590. The number of carbonyl (C=O) groups is 1. The van der Waals surface area contributed by atoms with Crippen LogP contribution >= 0.6 is 11.8 Å². The second-order valence-corrected chi connectivity index (χ2v) is 4.10. The minimum absolute atomic E-state index is 0.0740. The number of thioether (sulfide) groups is 1. The van der Waals surface area contributed by atoms with Gasteiger partial charge in [0.25, 0.3) is 0 Å². The van der Waals surface area contributed by atoms with Gasteiger partial charge in [0.15, 0.2) is 5.16 Å². The second-order valence-electron chi connectivity index (χ2n) is 3.16. The molecule has 0 spiro atoms. The van der Waals surface area contributed by atoms with E-state index in [0.717, 1.165) is 12.8 Å². The first-order chi connectivity index (χ1) is 6.84. The third kappa shape index (κ3) is 2.99. The van der Waals surface area contributed by atoms with Crippen LogP contribution in [0.15, 0.2) is 23.6 Å². The number of nitrogens with zero attached hydrogens (tertiary/aromatic N) is 2. The highest BCUT2D eigenvalue weighted by Gasteiger charge is 2.22. The summed E-state index contributed by atoms with van der Waals surface area (Å²) in [6.45, 7) is 0. The number of aromatic nitrogens is 2. The van der Waals surface area contributed by atoms with Gasteiger partial charge < -0.3 is 5.32 Å². The number of carbonyl (C=O) groups excluding carboxylic acids is 1. The fourth-order valence-electron chi connectivity index (χ4n) is 0.987. The van der Waals surface area contributed by atoms with E-state index in [-0.39, 0.29) is 5.91 Å². The summed E-state index contributed by atoms with van der Waals surface area (Å²) in [7, 11) is 0. The van der Waals surface area contributed by atoms with Gasteiger partial charge in [0, 0.05) is 18.4 Å². The average Bonchev–Trinajstić information content (AvgIpc) is 3.00. The van der Waals surface area contributed by atoms with Crippen LogP contribution in [-0.2, 0) is 4.79 Å². The molecule has 1 aliphatic carbocycles. The van der Waals surface area contributed by atoms with Crippen LogP contribution in [0.25, 0.3) is 0 Å². The molecule has 0 aromatic carbocycles. The molecule has 5 heteroatoms. The van der Waals surface area contributed by atoms with Gasteiger partial charge in [-0.2, -0.15) is 0 Å². The van der Waals surface area contributed by atoms with Crippen molar-refractivity contribution in [2.24, 2.45) is 0 Å². The molecule has 1 amide bonds. The average molecular weight is 209 g/mol. The molecular weight excluding hydrogens is 198 g/mol. The third-order valence-electron chi connectivity index (χ3n) is 1.82. The molecule has 2 rings (SSSR count). The topological polar surface area (TPSA) is 54.9 Å². The number of hydrogen-bond donors (Lipinski definition) is 1. The lowest BCUT2D eigenvalue weighted by Crippen LogP contribution is -2.27. The van der Waals surface area contributed by atoms with E-state index in [4.69, 9.17) is 0 Å². The number of amides is 1. The van der Waals surface area contributed by atoms with Crippen molar-refractivity contribution in [1.29, 1.82) is 0 Å². The number of rotatable bonds is 4. The van der Waals surface area contributed by atoms with Gasteiger partial charge in [-0.05, 0) is 18.9 Å². The molecule has 1 saturated carbocycles. The van der Waals surface area contributed by atoms with E-state index in [1.165, 1.54) is 11.8 Å². The Morgan fingerprint density at radius 2 is 2.21 bits per heavy atom. The number of nitrogens with one attached hydrogen (secondary N) is 1. The van der Waals surface area contributed by atoms with Gasteiger partial charge in [0.05, 0.1) is 5.75 Å². The lowest BCUT2D eigenvalue weighted by atomic mass is 10.6. The van der Waals surface area contributed by atoms with Crippen LogP contribution in [0, 0.1) is 0 Å². The van der Waals surface area contributed by atoms with Gasteiger partial charge in [-0.15, -0.1) is 0 Å². The largest absolute Gasteiger partial charge is 0.353 e. The summed E-state index contributed by atoms with van der Waals surface area (Å²) in [5.74, 6) is 0.477. The first-order valence-electron chi connectivity index (χ1n) is 4.54. The molecule has 0 unspecified atom stereocenters. The molecule has 0 radical (unpaired) electrons. The zero-order valence-electron chi connectivity index (χ0n) is 7.64. The van der Waals surface area contributed by atoms with Gasteiger partial charge in [-0.3, -0.25) is 4.79 Å². The van der Waals surface area contributed by atoms with Gasteiger partial charge >= 0.3 is 0 Å². The second kappa shape index (κ2) is 4.41. The van der Waals surface area contributed by atoms with Crippen molar-refractivity contribution >= 4 is 17.7 Å². The van der Waals surface area contributed by atoms with Crippen molar-refractivity contribution in [3.05, 3.63) is 18.5 Å². The monoisotopic (exact) mass is 209 g/mol. The fourth-order valence-corrected chi connectivity index (χ4v) is 1.60. The van der Waals surface area contributed by atoms with Gasteiger partial charge in [-0.25, -0.2) is 9.97 Å². The SMILES string of the molecule is O=C(CSc1ncccn1)NC1CC1. The van der Waals surface area contributed by atoms with Crippen LogP contribution in [0.1, 0.15) is 12.8 Å². The maximum absolute atomic E-state index is 11.3. The van der Waals surface area contributed by atoms with Crippen molar-refractivity contribution in [2.75, 3.05) is 5.75 Å². The molecule has 1 aromatic heterocycles. The number of hydrogen-bond acceptors (Lipinski definition) is 4. The van der Waals surface area contributed by atoms with E-state index < -0.39 is 0 Å². The normalized spacial score (nSPS) is 15.1. The Labute approximate surface area is 86.5 Å². The minimum atomic E-state index is 0.0740. The van der Waals surface area contributed by atoms with Crippen LogP contribution in [0.3, 0.4) is 0 Å². The molecule has 1 aliphatic rings. The van der Waals surface area contributed by atoms with Crippen molar-refractivity contribution in [1.82, 2.24) is 15.3 Å². The Morgan fingerprint density at radius 1 is 1.50 bits per heavy atom. The van der Waals surface area contributed by atoms with Crippen molar-refractivity contribution in [2.45, 2.75) is 24.0 Å². The Hall–Kier alpha value is -1.10. The van der Waals surface area contributed by atoms with E-state index in [2.05, 4.69) is 15.3 Å². The van der Waals surface area contributed by atoms with Crippen LogP contribution < -0.4 is 5.32 Å². The third-order valence-corrected chi connectivity index (χ3v) is 2.69. The lowest BCUT2D eigenvalue weighted by Gasteiger charge is -2.01. The van der Waals surface area contributed by atoms with Crippen LogP contribution in [0.2, 0.25) is 0 Å². The van der Waals surface area contributed by atoms with E-state index in [0.29, 0.717) is 17.0 Å². The highest BCUT2D eigenvalue weighted by molar-refractivity contribution is 7.99. The molecule has 1 fully saturated rings. The molecule has 0 saturated heterocycles. The first-order valence-corrected chi connectivity index (χ1v) is 5.52. The van der Waals surface area contributed by atoms with Crippen LogP contribution in [0.5, 0.6) is 0 Å². The summed E-state index contributed by atoms with van der Waals surface area (Å²) < 4.78 is 0. The summed E-state index contributed by atoms with van der Waals surface area (Å²) in [6, 6.07) is 2.19. The predicted octanol–water partition coefficient (Wildman–Crippen LogP) is 0.847. The molecule has 1 aromatic rings. The molecule has 14 heavy (non-hydrogen) atoms. The van der Waals surface area contributed by atoms with Crippen LogP contribution in [-0.4, -0.2) is 27.7 Å². The van der Waals surface area contributed by atoms with Gasteiger partial charge in [0.2, 0.25) is 5.91 Å². The molecule has 0 atom stereocenters. The molecule has 0 bridgehead atoms. The Bertz CT molecular complexity index is 313. The summed E-state index contributed by atoms with van der Waals surface area (Å²) in [5, 5.41) is 3.56. The molecule has 74 valence electrons. The van der Waals surface area contributed by atoms with Gasteiger partial charge in [0.1, 0.15) is 0 Å². The van der Waals surface area contributed by atoms with Crippen LogP contribution in [0.4, 0.5) is 0 Å². The molecule has 0 aliphatic heterocycles. The molecule has 1 N–H and O–H groups in total. The zero-order valence-corrected chi connectivity index (χ0v) is 8.46. The summed E-state index contributed by atoms with van der Waals surface area (Å²) >= 11 is 1.36. The maximum atomic E-state index is 11.3. The molecule has 4 nitrogen and oxygen atoms in total. The van der Waals surface area contributed by atoms with Crippen molar-refractivity contribution in [3.8, 4) is 0 Å². The summed E-state index contributed by atoms with van der Waals surface area (Å²) in [5.41, 5.74) is 0. The van der Waals surface area contributed by atoms with E-state index >= 15 is 0 Å². The lowest BCUT2D eigenvalue weighted by molar-refractivity contribution is -0.118. The summed E-state index contributed by atoms with van der Waals surface area (Å²) in [4.78, 5) is 19.3. The fraction of sp³-hybridized carbons (Fsp3) is 0.444. The highest BCUT2D eigenvalue weighted by atomic mass is 32.2. The predicted molar refractivity (Wildman–Crippen MR) is 53.9 cm³/mol. The smallest absolute Gasteiger partial charge is 0.230 e. The molecular formula is C9H11N3OS. The van der Waals surface area contributed by atoms with E-state index in [1.54, 1.807) is 18.5 Å². The minimum Gasteiger partial charge on any atom is -0.353 e.